The zero-order chi connectivity index (χ0) is 12.8. The number of ether oxygens (including phenoxy) is 1. The van der Waals surface area contributed by atoms with E-state index >= 15 is 0 Å². The van der Waals surface area contributed by atoms with Crippen LogP contribution in [0.2, 0.25) is 0 Å². The molecule has 2 rings (SSSR count). The average Bonchev–Trinajstić information content (AvgIpc) is 2.84. The molecule has 0 amide bonds. The second-order valence-electron chi connectivity index (χ2n) is 5.26. The van der Waals surface area contributed by atoms with Crippen molar-refractivity contribution in [2.45, 2.75) is 51.5 Å². The van der Waals surface area contributed by atoms with Gasteiger partial charge in [-0.15, -0.1) is 0 Å². The summed E-state index contributed by atoms with van der Waals surface area (Å²) in [6.07, 6.45) is 6.02. The van der Waals surface area contributed by atoms with E-state index in [9.17, 15) is 0 Å². The lowest BCUT2D eigenvalue weighted by atomic mass is 9.98. The van der Waals surface area contributed by atoms with Crippen LogP contribution in [-0.4, -0.2) is 30.8 Å². The highest BCUT2D eigenvalue weighted by molar-refractivity contribution is 5.02. The minimum atomic E-state index is 0.508. The molecule has 0 aliphatic carbocycles. The number of hydrogen-bond donors (Lipinski definition) is 1. The van der Waals surface area contributed by atoms with E-state index in [1.54, 1.807) is 0 Å². The lowest BCUT2D eigenvalue weighted by molar-refractivity contribution is 0.0803. The Morgan fingerprint density at radius 3 is 2.89 bits per heavy atom. The van der Waals surface area contributed by atoms with Gasteiger partial charge in [0.15, 0.2) is 5.89 Å². The normalized spacial score (nSPS) is 17.5. The molecule has 1 saturated heterocycles. The van der Waals surface area contributed by atoms with Crippen LogP contribution < -0.4 is 5.32 Å². The maximum atomic E-state index is 5.84. The molecule has 102 valence electrons. The number of nitrogens with one attached hydrogen (secondary N) is 1. The van der Waals surface area contributed by atoms with Gasteiger partial charge < -0.3 is 14.5 Å². The Balaban J connectivity index is 1.75. The van der Waals surface area contributed by atoms with E-state index in [2.05, 4.69) is 24.1 Å². The zero-order valence-corrected chi connectivity index (χ0v) is 11.4. The van der Waals surface area contributed by atoms with Crippen molar-refractivity contribution >= 4 is 0 Å². The van der Waals surface area contributed by atoms with Crippen molar-refractivity contribution in [3.8, 4) is 0 Å². The Kier molecular flexibility index (Phi) is 5.20. The summed E-state index contributed by atoms with van der Waals surface area (Å²) in [4.78, 5) is 4.37. The lowest BCUT2D eigenvalue weighted by Gasteiger charge is -2.19. The predicted octanol–water partition coefficient (Wildman–Crippen LogP) is 2.50. The number of rotatable bonds is 6. The van der Waals surface area contributed by atoms with Gasteiger partial charge in [-0.3, -0.25) is 0 Å². The van der Waals surface area contributed by atoms with Crippen LogP contribution in [0.3, 0.4) is 0 Å². The van der Waals surface area contributed by atoms with Crippen molar-refractivity contribution in [2.24, 2.45) is 0 Å². The van der Waals surface area contributed by atoms with Crippen molar-refractivity contribution in [2.75, 3.05) is 19.8 Å². The van der Waals surface area contributed by atoms with Gasteiger partial charge in [-0.1, -0.05) is 13.8 Å². The molecule has 18 heavy (non-hydrogen) atoms. The topological polar surface area (TPSA) is 47.3 Å². The fourth-order valence-electron chi connectivity index (χ4n) is 2.24. The van der Waals surface area contributed by atoms with Crippen molar-refractivity contribution in [3.05, 3.63) is 17.8 Å². The second-order valence-corrected chi connectivity index (χ2v) is 5.26. The molecule has 1 aromatic heterocycles. The largest absolute Gasteiger partial charge is 0.445 e. The zero-order valence-electron chi connectivity index (χ0n) is 11.4. The standard InChI is InChI=1S/C14H24N2O2/c1-11(2)15-7-3-4-14-16-10-13(18-14)12-5-8-17-9-6-12/h10-12,15H,3-9H2,1-2H3. The molecule has 1 aliphatic rings. The summed E-state index contributed by atoms with van der Waals surface area (Å²) in [5.41, 5.74) is 0. The van der Waals surface area contributed by atoms with Crippen LogP contribution in [0.1, 0.15) is 50.7 Å². The molecule has 0 atom stereocenters. The van der Waals surface area contributed by atoms with Gasteiger partial charge in [0.1, 0.15) is 5.76 Å². The van der Waals surface area contributed by atoms with Gasteiger partial charge in [-0.25, -0.2) is 4.98 Å². The molecule has 0 radical (unpaired) electrons. The first kappa shape index (κ1) is 13.6. The summed E-state index contributed by atoms with van der Waals surface area (Å²) in [7, 11) is 0. The first-order chi connectivity index (χ1) is 8.75. The molecule has 0 aromatic carbocycles. The average molecular weight is 252 g/mol. The molecule has 4 nitrogen and oxygen atoms in total. The van der Waals surface area contributed by atoms with Crippen LogP contribution in [0.25, 0.3) is 0 Å². The Labute approximate surface area is 109 Å². The highest BCUT2D eigenvalue weighted by atomic mass is 16.5. The van der Waals surface area contributed by atoms with E-state index in [0.29, 0.717) is 12.0 Å². The minimum absolute atomic E-state index is 0.508. The van der Waals surface area contributed by atoms with Crippen LogP contribution >= 0.6 is 0 Å². The number of aromatic nitrogens is 1. The molecule has 0 unspecified atom stereocenters. The first-order valence-corrected chi connectivity index (χ1v) is 7.01. The van der Waals surface area contributed by atoms with E-state index in [4.69, 9.17) is 9.15 Å². The highest BCUT2D eigenvalue weighted by Gasteiger charge is 2.19. The molecule has 0 saturated carbocycles. The Morgan fingerprint density at radius 1 is 1.39 bits per heavy atom. The van der Waals surface area contributed by atoms with Crippen molar-refractivity contribution < 1.29 is 9.15 Å². The maximum absolute atomic E-state index is 5.84. The van der Waals surface area contributed by atoms with Gasteiger partial charge >= 0.3 is 0 Å². The van der Waals surface area contributed by atoms with Gasteiger partial charge in [0.25, 0.3) is 0 Å². The third kappa shape index (κ3) is 4.10. The van der Waals surface area contributed by atoms with E-state index in [1.165, 1.54) is 0 Å². The molecule has 4 heteroatoms. The van der Waals surface area contributed by atoms with Crippen molar-refractivity contribution in [1.29, 1.82) is 0 Å². The van der Waals surface area contributed by atoms with Gasteiger partial charge in [-0.05, 0) is 25.8 Å². The van der Waals surface area contributed by atoms with E-state index in [1.807, 2.05) is 6.20 Å². The molecule has 0 bridgehead atoms. The summed E-state index contributed by atoms with van der Waals surface area (Å²) in [6.45, 7) is 7.04. The number of oxazole rings is 1. The minimum Gasteiger partial charge on any atom is -0.445 e. The Morgan fingerprint density at radius 2 is 2.17 bits per heavy atom. The summed E-state index contributed by atoms with van der Waals surface area (Å²) >= 11 is 0. The fraction of sp³-hybridized carbons (Fsp3) is 0.786. The van der Waals surface area contributed by atoms with E-state index in [-0.39, 0.29) is 0 Å². The SMILES string of the molecule is CC(C)NCCCc1ncc(C2CCOCC2)o1. The predicted molar refractivity (Wildman–Crippen MR) is 70.8 cm³/mol. The Bertz CT molecular complexity index is 343. The van der Waals surface area contributed by atoms with Crippen LogP contribution in [-0.2, 0) is 11.2 Å². The molecule has 2 heterocycles. The molecular formula is C14H24N2O2. The number of aryl methyl sites for hydroxylation is 1. The summed E-state index contributed by atoms with van der Waals surface area (Å²) in [6, 6.07) is 0.548. The van der Waals surface area contributed by atoms with Gasteiger partial charge in [0.2, 0.25) is 0 Å². The first-order valence-electron chi connectivity index (χ1n) is 7.01. The molecule has 1 N–H and O–H groups in total. The molecule has 1 aliphatic heterocycles. The Hall–Kier alpha value is -0.870. The third-order valence-corrected chi connectivity index (χ3v) is 3.32. The molecular weight excluding hydrogens is 228 g/mol. The van der Waals surface area contributed by atoms with E-state index < -0.39 is 0 Å². The summed E-state index contributed by atoms with van der Waals surface area (Å²) < 4.78 is 11.2. The summed E-state index contributed by atoms with van der Waals surface area (Å²) in [5, 5.41) is 3.40. The third-order valence-electron chi connectivity index (χ3n) is 3.32. The van der Waals surface area contributed by atoms with Crippen LogP contribution in [0.15, 0.2) is 10.6 Å². The van der Waals surface area contributed by atoms with Crippen LogP contribution in [0.4, 0.5) is 0 Å². The number of nitrogens with zero attached hydrogens (tertiary/aromatic N) is 1. The quantitative estimate of drug-likeness (QED) is 0.790. The van der Waals surface area contributed by atoms with Gasteiger partial charge in [0.05, 0.1) is 6.20 Å². The van der Waals surface area contributed by atoms with Crippen LogP contribution in [0, 0.1) is 0 Å². The summed E-state index contributed by atoms with van der Waals surface area (Å²) in [5.74, 6) is 2.43. The van der Waals surface area contributed by atoms with Crippen LogP contribution in [0.5, 0.6) is 0 Å². The molecule has 1 aromatic rings. The second kappa shape index (κ2) is 6.90. The fourth-order valence-corrected chi connectivity index (χ4v) is 2.24. The lowest BCUT2D eigenvalue weighted by Crippen LogP contribution is -2.23. The van der Waals surface area contributed by atoms with Crippen molar-refractivity contribution in [3.63, 3.8) is 0 Å². The highest BCUT2D eigenvalue weighted by Crippen LogP contribution is 2.27. The van der Waals surface area contributed by atoms with E-state index in [0.717, 1.165) is 57.1 Å². The molecule has 0 spiro atoms. The molecule has 1 fully saturated rings. The van der Waals surface area contributed by atoms with Crippen molar-refractivity contribution in [1.82, 2.24) is 10.3 Å². The maximum Gasteiger partial charge on any atom is 0.194 e. The van der Waals surface area contributed by atoms with Gasteiger partial charge in [-0.2, -0.15) is 0 Å². The monoisotopic (exact) mass is 252 g/mol. The van der Waals surface area contributed by atoms with Gasteiger partial charge in [0, 0.05) is 31.6 Å². The smallest absolute Gasteiger partial charge is 0.194 e. The number of hydrogen-bond acceptors (Lipinski definition) is 4.